The molecule has 24 heavy (non-hydrogen) atoms. The molecule has 0 radical (unpaired) electrons. The number of hydrogen-bond donors (Lipinski definition) is 0. The van der Waals surface area contributed by atoms with E-state index in [4.69, 9.17) is 0 Å². The summed E-state index contributed by atoms with van der Waals surface area (Å²) in [5.41, 5.74) is 0. The minimum absolute atomic E-state index is 0.200. The van der Waals surface area contributed by atoms with E-state index in [1.54, 1.807) is 8.61 Å². The Morgan fingerprint density at radius 2 is 0.833 bits per heavy atom. The molecule has 0 aromatic rings. The van der Waals surface area contributed by atoms with E-state index in [9.17, 15) is 16.8 Å². The van der Waals surface area contributed by atoms with E-state index >= 15 is 0 Å². The maximum absolute atomic E-state index is 12.2. The molecule has 6 nitrogen and oxygen atoms in total. The Morgan fingerprint density at radius 1 is 0.500 bits per heavy atom. The molecule has 8 heteroatoms. The second kappa shape index (κ2) is 9.50. The van der Waals surface area contributed by atoms with Gasteiger partial charge in [0.15, 0.2) is 0 Å². The Bertz CT molecular complexity index is 511. The zero-order chi connectivity index (χ0) is 17.5. The predicted octanol–water partition coefficient (Wildman–Crippen LogP) is 2.18. The predicted molar refractivity (Wildman–Crippen MR) is 96.9 cm³/mol. The third-order valence-electron chi connectivity index (χ3n) is 4.97. The summed E-state index contributed by atoms with van der Waals surface area (Å²) in [4.78, 5) is 0. The van der Waals surface area contributed by atoms with Gasteiger partial charge in [-0.15, -0.1) is 0 Å². The highest BCUT2D eigenvalue weighted by molar-refractivity contribution is 7.89. The van der Waals surface area contributed by atoms with Crippen LogP contribution in [0.25, 0.3) is 0 Å². The molecule has 0 saturated carbocycles. The van der Waals surface area contributed by atoms with Crippen molar-refractivity contribution in [3.63, 3.8) is 0 Å². The molecule has 0 amide bonds. The average Bonchev–Trinajstić information content (AvgIpc) is 2.59. The van der Waals surface area contributed by atoms with E-state index < -0.39 is 20.0 Å². The summed E-state index contributed by atoms with van der Waals surface area (Å²) in [6, 6.07) is 0. The minimum Gasteiger partial charge on any atom is -0.212 e. The van der Waals surface area contributed by atoms with Gasteiger partial charge in [-0.25, -0.2) is 25.4 Å². The van der Waals surface area contributed by atoms with Crippen molar-refractivity contribution in [1.82, 2.24) is 8.61 Å². The van der Waals surface area contributed by atoms with Crippen LogP contribution < -0.4 is 0 Å². The van der Waals surface area contributed by atoms with Crippen LogP contribution in [0, 0.1) is 0 Å². The highest BCUT2D eigenvalue weighted by Crippen LogP contribution is 2.17. The number of sulfonamides is 2. The Balaban J connectivity index is 1.60. The van der Waals surface area contributed by atoms with Crippen molar-refractivity contribution >= 4 is 20.0 Å². The average molecular weight is 381 g/mol. The molecule has 0 atom stereocenters. The second-order valence-electron chi connectivity index (χ2n) is 6.97. The van der Waals surface area contributed by atoms with Crippen LogP contribution >= 0.6 is 0 Å². The zero-order valence-electron chi connectivity index (χ0n) is 14.7. The van der Waals surface area contributed by atoms with Crippen LogP contribution in [-0.2, 0) is 20.0 Å². The zero-order valence-corrected chi connectivity index (χ0v) is 16.3. The van der Waals surface area contributed by atoms with Gasteiger partial charge in [0.1, 0.15) is 0 Å². The van der Waals surface area contributed by atoms with Crippen molar-refractivity contribution in [3.05, 3.63) is 0 Å². The van der Waals surface area contributed by atoms with Crippen LogP contribution in [0.15, 0.2) is 0 Å². The Labute approximate surface area is 147 Å². The number of nitrogens with zero attached hydrogens (tertiary/aromatic N) is 2. The summed E-state index contributed by atoms with van der Waals surface area (Å²) >= 11 is 0. The van der Waals surface area contributed by atoms with Crippen LogP contribution in [-0.4, -0.2) is 63.1 Å². The molecule has 2 aliphatic rings. The van der Waals surface area contributed by atoms with Crippen molar-refractivity contribution in [1.29, 1.82) is 0 Å². The van der Waals surface area contributed by atoms with E-state index in [2.05, 4.69) is 0 Å². The summed E-state index contributed by atoms with van der Waals surface area (Å²) in [5.74, 6) is 0.401. The molecule has 2 rings (SSSR count). The van der Waals surface area contributed by atoms with Crippen LogP contribution in [0.3, 0.4) is 0 Å². The molecule has 142 valence electrons. The molecule has 2 fully saturated rings. The Hall–Kier alpha value is -0.180. The van der Waals surface area contributed by atoms with Gasteiger partial charge in [-0.2, -0.15) is 0 Å². The minimum atomic E-state index is -3.11. The quantitative estimate of drug-likeness (QED) is 0.575. The van der Waals surface area contributed by atoms with Gasteiger partial charge < -0.3 is 0 Å². The molecule has 2 aliphatic heterocycles. The first kappa shape index (κ1) is 20.1. The molecular formula is C16H32N2O4S2. The number of piperidine rings is 2. The second-order valence-corrected chi connectivity index (χ2v) is 11.1. The summed E-state index contributed by atoms with van der Waals surface area (Å²) in [6.07, 6.45) is 8.92. The van der Waals surface area contributed by atoms with Gasteiger partial charge in [0, 0.05) is 26.2 Å². The largest absolute Gasteiger partial charge is 0.214 e. The summed E-state index contributed by atoms with van der Waals surface area (Å²) < 4.78 is 52.1. The lowest BCUT2D eigenvalue weighted by Crippen LogP contribution is -2.37. The monoisotopic (exact) mass is 380 g/mol. The van der Waals surface area contributed by atoms with Crippen LogP contribution in [0.1, 0.15) is 64.2 Å². The fourth-order valence-electron chi connectivity index (χ4n) is 3.47. The van der Waals surface area contributed by atoms with Gasteiger partial charge >= 0.3 is 0 Å². The van der Waals surface area contributed by atoms with Crippen molar-refractivity contribution in [2.45, 2.75) is 64.2 Å². The van der Waals surface area contributed by atoms with Crippen molar-refractivity contribution in [2.24, 2.45) is 0 Å². The lowest BCUT2D eigenvalue weighted by Gasteiger charge is -2.26. The van der Waals surface area contributed by atoms with Crippen LogP contribution in [0.5, 0.6) is 0 Å². The Morgan fingerprint density at radius 3 is 1.17 bits per heavy atom. The number of unbranched alkanes of at least 4 members (excludes halogenated alkanes) is 3. The van der Waals surface area contributed by atoms with Crippen molar-refractivity contribution in [2.75, 3.05) is 37.7 Å². The third-order valence-corrected chi connectivity index (χ3v) is 8.88. The molecular weight excluding hydrogens is 348 g/mol. The van der Waals surface area contributed by atoms with Gasteiger partial charge in [-0.05, 0) is 38.5 Å². The lowest BCUT2D eigenvalue weighted by molar-refractivity contribution is 0.345. The van der Waals surface area contributed by atoms with Gasteiger partial charge in [0.25, 0.3) is 0 Å². The molecule has 2 heterocycles. The van der Waals surface area contributed by atoms with Crippen LogP contribution in [0.2, 0.25) is 0 Å². The highest BCUT2D eigenvalue weighted by Gasteiger charge is 2.24. The lowest BCUT2D eigenvalue weighted by atomic mass is 10.2. The highest BCUT2D eigenvalue weighted by atomic mass is 32.2. The molecule has 0 aliphatic carbocycles. The molecule has 0 aromatic carbocycles. The van der Waals surface area contributed by atoms with Gasteiger partial charge in [-0.3, -0.25) is 0 Å². The maximum Gasteiger partial charge on any atom is 0.214 e. The van der Waals surface area contributed by atoms with Gasteiger partial charge in [0.05, 0.1) is 11.5 Å². The van der Waals surface area contributed by atoms with Gasteiger partial charge in [0.2, 0.25) is 20.0 Å². The molecule has 0 N–H and O–H groups in total. The first-order valence-corrected chi connectivity index (χ1v) is 12.6. The number of hydrogen-bond acceptors (Lipinski definition) is 4. The molecule has 2 saturated heterocycles. The van der Waals surface area contributed by atoms with E-state index in [-0.39, 0.29) is 11.5 Å². The molecule has 0 spiro atoms. The summed E-state index contributed by atoms with van der Waals surface area (Å²) in [5, 5.41) is 0. The summed E-state index contributed by atoms with van der Waals surface area (Å²) in [7, 11) is -6.22. The maximum atomic E-state index is 12.2. The van der Waals surface area contributed by atoms with E-state index in [1.807, 2.05) is 0 Å². The van der Waals surface area contributed by atoms with E-state index in [0.717, 1.165) is 51.4 Å². The summed E-state index contributed by atoms with van der Waals surface area (Å²) in [6.45, 7) is 2.65. The molecule has 0 unspecified atom stereocenters. The van der Waals surface area contributed by atoms with Crippen molar-refractivity contribution < 1.29 is 16.8 Å². The first-order valence-electron chi connectivity index (χ1n) is 9.37. The topological polar surface area (TPSA) is 74.8 Å². The fraction of sp³-hybridized carbons (Fsp3) is 1.00. The van der Waals surface area contributed by atoms with Crippen molar-refractivity contribution in [3.8, 4) is 0 Å². The number of rotatable bonds is 9. The van der Waals surface area contributed by atoms with E-state index in [1.165, 1.54) is 0 Å². The van der Waals surface area contributed by atoms with E-state index in [0.29, 0.717) is 39.0 Å². The molecule has 0 aromatic heterocycles. The SMILES string of the molecule is O=S(=O)(CCCCCCS(=O)(=O)N1CCCCC1)N1CCCCC1. The Kier molecular flexibility index (Phi) is 7.97. The fourth-order valence-corrected chi connectivity index (χ4v) is 6.75. The molecule has 0 bridgehead atoms. The van der Waals surface area contributed by atoms with Crippen LogP contribution in [0.4, 0.5) is 0 Å². The first-order chi connectivity index (χ1) is 11.4. The smallest absolute Gasteiger partial charge is 0.212 e. The van der Waals surface area contributed by atoms with Gasteiger partial charge in [-0.1, -0.05) is 25.7 Å². The standard InChI is InChI=1S/C16H32N2O4S2/c19-23(20,17-11-5-3-6-12-17)15-9-1-2-10-16-24(21,22)18-13-7-4-8-14-18/h1-16H2. The third kappa shape index (κ3) is 6.28. The normalized spacial score (nSPS) is 21.8.